The van der Waals surface area contributed by atoms with Gasteiger partial charge in [-0.05, 0) is 72.2 Å². The summed E-state index contributed by atoms with van der Waals surface area (Å²) >= 11 is 0. The number of carbonyl (C=O) groups is 2. The second-order valence-electron chi connectivity index (χ2n) is 10.7. The third-order valence-corrected chi connectivity index (χ3v) is 7.84. The van der Waals surface area contributed by atoms with Crippen molar-refractivity contribution in [2.24, 2.45) is 0 Å². The number of ether oxygens (including phenoxy) is 2. The molecule has 4 aromatic carbocycles. The van der Waals surface area contributed by atoms with Crippen LogP contribution in [0.4, 0.5) is 0 Å². The van der Waals surface area contributed by atoms with E-state index in [4.69, 9.17) is 9.47 Å². The van der Waals surface area contributed by atoms with Crippen LogP contribution >= 0.6 is 0 Å². The van der Waals surface area contributed by atoms with Crippen molar-refractivity contribution in [1.82, 2.24) is 0 Å². The van der Waals surface area contributed by atoms with Gasteiger partial charge >= 0.3 is 16.5 Å². The number of hydrogen-bond acceptors (Lipinski definition) is 6. The van der Waals surface area contributed by atoms with Crippen molar-refractivity contribution in [3.05, 3.63) is 117 Å². The molecule has 0 aromatic heterocycles. The van der Waals surface area contributed by atoms with Crippen LogP contribution in [0.1, 0.15) is 93.6 Å². The van der Waals surface area contributed by atoms with E-state index in [-0.39, 0.29) is 16.5 Å². The van der Waals surface area contributed by atoms with E-state index < -0.39 is 11.9 Å². The topological polar surface area (TPSA) is 98.7 Å². The smallest absolute Gasteiger partial charge is 0.545 e. The van der Waals surface area contributed by atoms with Crippen LogP contribution in [0.25, 0.3) is 0 Å². The predicted octanol–water partition coefficient (Wildman–Crippen LogP) is 6.18. The fourth-order valence-corrected chi connectivity index (χ4v) is 5.67. The van der Waals surface area contributed by atoms with Gasteiger partial charge < -0.3 is 29.3 Å². The van der Waals surface area contributed by atoms with E-state index in [1.165, 1.54) is 0 Å². The summed E-state index contributed by atoms with van der Waals surface area (Å²) in [5, 5.41) is 23.2. The summed E-state index contributed by atoms with van der Waals surface area (Å²) in [7, 11) is 0. The molecular weight excluding hydrogens is 587 g/mol. The fourth-order valence-electron chi connectivity index (χ4n) is 5.67. The van der Waals surface area contributed by atoms with Crippen molar-refractivity contribution >= 4 is 11.9 Å². The molecule has 224 valence electrons. The van der Waals surface area contributed by atoms with Gasteiger partial charge in [-0.3, -0.25) is 0 Å². The van der Waals surface area contributed by atoms with Crippen molar-refractivity contribution in [1.29, 1.82) is 0 Å². The van der Waals surface area contributed by atoms with Crippen molar-refractivity contribution < 1.29 is 45.8 Å². The molecule has 0 aliphatic carbocycles. The molecule has 0 saturated heterocycles. The molecule has 2 aliphatic rings. The van der Waals surface area contributed by atoms with Crippen LogP contribution in [0.2, 0.25) is 0 Å². The molecule has 7 heteroatoms. The fraction of sp³-hybridized carbons (Fsp3) is 0.278. The maximum absolute atomic E-state index is 11.6. The Balaban J connectivity index is 0.000000192. The van der Waals surface area contributed by atoms with Gasteiger partial charge in [0.15, 0.2) is 0 Å². The standard InChI is InChI=1S/2C18H18O3.Ni/c2*1-2-3-6-12-9-10-16-14(17(12)18(19)20)11-13-7-4-5-8-15(13)21-16;/h2*4-5,7-10H,2-3,6,11H2,1H3,(H,19,20);/q;;+2/p-2. The largest absolute Gasteiger partial charge is 2.00 e. The van der Waals surface area contributed by atoms with E-state index in [2.05, 4.69) is 13.8 Å². The first-order valence-electron chi connectivity index (χ1n) is 14.6. The molecule has 2 heterocycles. The van der Waals surface area contributed by atoms with Crippen molar-refractivity contribution in [2.45, 2.75) is 65.2 Å². The number of para-hydroxylation sites is 2. The van der Waals surface area contributed by atoms with Gasteiger partial charge in [0, 0.05) is 35.1 Å². The first kappa shape index (κ1) is 31.8. The molecule has 0 spiro atoms. The summed E-state index contributed by atoms with van der Waals surface area (Å²) in [5.41, 5.74) is 5.83. The number of aromatic carboxylic acids is 2. The van der Waals surface area contributed by atoms with Gasteiger partial charge in [-0.2, -0.15) is 0 Å². The molecule has 2 aliphatic heterocycles. The molecular formula is C36H34NiO6. The molecule has 0 fully saturated rings. The van der Waals surface area contributed by atoms with E-state index in [1.807, 2.05) is 72.8 Å². The zero-order chi connectivity index (χ0) is 29.6. The van der Waals surface area contributed by atoms with Crippen molar-refractivity contribution in [2.75, 3.05) is 0 Å². The Bertz CT molecular complexity index is 1510. The number of hydrogen-bond donors (Lipinski definition) is 0. The van der Waals surface area contributed by atoms with E-state index in [0.717, 1.165) is 83.4 Å². The van der Waals surface area contributed by atoms with Crippen molar-refractivity contribution in [3.63, 3.8) is 0 Å². The Morgan fingerprint density at radius 1 is 0.605 bits per heavy atom. The third-order valence-electron chi connectivity index (χ3n) is 7.84. The molecule has 0 atom stereocenters. The summed E-state index contributed by atoms with van der Waals surface area (Å²) in [5.74, 6) is 0.648. The van der Waals surface area contributed by atoms with E-state index in [9.17, 15) is 19.8 Å². The predicted molar refractivity (Wildman–Crippen MR) is 157 cm³/mol. The number of aryl methyl sites for hydroxylation is 2. The second kappa shape index (κ2) is 14.4. The monoisotopic (exact) mass is 620 g/mol. The number of benzene rings is 4. The summed E-state index contributed by atoms with van der Waals surface area (Å²) in [6, 6.07) is 22.9. The van der Waals surface area contributed by atoms with Crippen LogP contribution in [-0.2, 0) is 42.2 Å². The van der Waals surface area contributed by atoms with Gasteiger partial charge in [-0.15, -0.1) is 0 Å². The van der Waals surface area contributed by atoms with Crippen LogP contribution in [0, 0.1) is 0 Å². The molecule has 43 heavy (non-hydrogen) atoms. The SMILES string of the molecule is CCCCc1ccc2c(c1C(=O)[O-])Cc1ccccc1O2.CCCCc1ccc2c(c1C(=O)[O-])Cc1ccccc1O2.[Ni+2]. The van der Waals surface area contributed by atoms with Gasteiger partial charge in [0.2, 0.25) is 0 Å². The van der Waals surface area contributed by atoms with E-state index >= 15 is 0 Å². The number of carboxylic acid groups (broad SMARTS) is 2. The number of fused-ring (bicyclic) bond motifs is 4. The molecule has 6 rings (SSSR count). The molecule has 4 aromatic rings. The number of rotatable bonds is 8. The second-order valence-corrected chi connectivity index (χ2v) is 10.7. The maximum Gasteiger partial charge on any atom is 2.00 e. The van der Waals surface area contributed by atoms with Gasteiger partial charge in [0.1, 0.15) is 23.0 Å². The minimum atomic E-state index is -1.11. The molecule has 0 amide bonds. The Morgan fingerprint density at radius 3 is 1.37 bits per heavy atom. The molecule has 0 radical (unpaired) electrons. The quantitative estimate of drug-likeness (QED) is 0.189. The third kappa shape index (κ3) is 6.94. The van der Waals surface area contributed by atoms with Gasteiger partial charge in [0.25, 0.3) is 0 Å². The number of carbonyl (C=O) groups excluding carboxylic acids is 2. The zero-order valence-corrected chi connectivity index (χ0v) is 25.3. The Labute approximate surface area is 262 Å². The zero-order valence-electron chi connectivity index (χ0n) is 24.4. The first-order chi connectivity index (χ1) is 20.4. The Hall–Kier alpha value is -4.09. The summed E-state index contributed by atoms with van der Waals surface area (Å²) in [4.78, 5) is 23.2. The molecule has 0 unspecified atom stereocenters. The van der Waals surface area contributed by atoms with Crippen LogP contribution < -0.4 is 19.7 Å². The first-order valence-corrected chi connectivity index (χ1v) is 14.6. The minimum absolute atomic E-state index is 0. The van der Waals surface area contributed by atoms with Crippen LogP contribution in [-0.4, -0.2) is 11.9 Å². The van der Waals surface area contributed by atoms with Gasteiger partial charge in [-0.25, -0.2) is 0 Å². The molecule has 0 bridgehead atoms. The van der Waals surface area contributed by atoms with Crippen LogP contribution in [0.15, 0.2) is 72.8 Å². The van der Waals surface area contributed by atoms with Crippen molar-refractivity contribution in [3.8, 4) is 23.0 Å². The minimum Gasteiger partial charge on any atom is -0.545 e. The normalized spacial score (nSPS) is 12.0. The number of carboxylic acids is 2. The molecule has 0 saturated carbocycles. The Morgan fingerprint density at radius 2 is 1.00 bits per heavy atom. The molecule has 6 nitrogen and oxygen atoms in total. The van der Waals surface area contributed by atoms with Gasteiger partial charge in [-0.1, -0.05) is 75.2 Å². The average molecular weight is 621 g/mol. The number of unbranched alkanes of at least 4 members (excludes halogenated alkanes) is 2. The summed E-state index contributed by atoms with van der Waals surface area (Å²) in [6.45, 7) is 4.19. The Kier molecular flexibility index (Phi) is 10.7. The van der Waals surface area contributed by atoms with Gasteiger partial charge in [0.05, 0.1) is 11.9 Å². The summed E-state index contributed by atoms with van der Waals surface area (Å²) < 4.78 is 11.7. The van der Waals surface area contributed by atoms with E-state index in [1.54, 1.807) is 0 Å². The maximum atomic E-state index is 11.6. The summed E-state index contributed by atoms with van der Waals surface area (Å²) in [6.07, 6.45) is 6.67. The van der Waals surface area contributed by atoms with Crippen LogP contribution in [0.5, 0.6) is 23.0 Å². The average Bonchev–Trinajstić information content (AvgIpc) is 3.00. The van der Waals surface area contributed by atoms with E-state index in [0.29, 0.717) is 35.5 Å². The molecule has 0 N–H and O–H groups in total. The van der Waals surface area contributed by atoms with Crippen LogP contribution in [0.3, 0.4) is 0 Å².